The Labute approximate surface area is 120 Å². The number of rotatable bonds is 13. The van der Waals surface area contributed by atoms with Crippen LogP contribution in [-0.2, 0) is 0 Å². The number of unbranched alkanes of at least 4 members (excludes halogenated alkanes) is 1. The molecule has 8 heteroatoms. The second-order valence-corrected chi connectivity index (χ2v) is 4.86. The molecule has 0 aliphatic rings. The topological polar surface area (TPSA) is 150 Å². The van der Waals surface area contributed by atoms with E-state index in [1.807, 2.05) is 0 Å². The van der Waals surface area contributed by atoms with Crippen molar-refractivity contribution < 1.29 is 0 Å². The molecule has 0 bridgehead atoms. The van der Waals surface area contributed by atoms with Crippen LogP contribution in [0.2, 0.25) is 0 Å². The summed E-state index contributed by atoms with van der Waals surface area (Å²) in [5.74, 6) is 0. The molecule has 0 rings (SSSR count). The quantitative estimate of drug-likeness (QED) is 0.230. The van der Waals surface area contributed by atoms with Gasteiger partial charge in [-0.25, -0.2) is 0 Å². The van der Waals surface area contributed by atoms with Crippen molar-refractivity contribution in [2.75, 3.05) is 13.1 Å². The Balaban J connectivity index is 3.93. The number of hydrogen-bond donors (Lipinski definition) is 2. The van der Waals surface area contributed by atoms with Crippen LogP contribution in [0.15, 0.2) is 10.2 Å². The van der Waals surface area contributed by atoms with Gasteiger partial charge in [-0.3, -0.25) is 0 Å². The highest BCUT2D eigenvalue weighted by Gasteiger charge is 2.08. The summed E-state index contributed by atoms with van der Waals surface area (Å²) >= 11 is 0. The number of hydrogen-bond acceptors (Lipinski definition) is 4. The molecule has 0 heterocycles. The molecule has 2 atom stereocenters. The fourth-order valence-corrected chi connectivity index (χ4v) is 2.13. The first-order chi connectivity index (χ1) is 9.78. The Morgan fingerprint density at radius 2 is 1.05 bits per heavy atom. The molecule has 0 radical (unpaired) electrons. The summed E-state index contributed by atoms with van der Waals surface area (Å²) in [5, 5.41) is 7.58. The van der Waals surface area contributed by atoms with Crippen molar-refractivity contribution in [3.8, 4) is 0 Å². The summed E-state index contributed by atoms with van der Waals surface area (Å²) in [6.45, 7) is 1.24. The molecule has 2 unspecified atom stereocenters. The predicted octanol–water partition coefficient (Wildman–Crippen LogP) is 3.38. The normalized spacial score (nSPS) is 13.1. The molecule has 0 amide bonds. The van der Waals surface area contributed by atoms with Gasteiger partial charge in [0.05, 0.1) is 0 Å². The van der Waals surface area contributed by atoms with Crippen molar-refractivity contribution in [2.45, 2.75) is 63.5 Å². The average Bonchev–Trinajstić information content (AvgIpc) is 2.46. The van der Waals surface area contributed by atoms with Crippen molar-refractivity contribution in [1.82, 2.24) is 0 Å². The number of azide groups is 2. The molecule has 0 saturated carbocycles. The molecule has 0 fully saturated rings. The van der Waals surface area contributed by atoms with E-state index >= 15 is 0 Å². The van der Waals surface area contributed by atoms with Crippen LogP contribution in [0, 0.1) is 0 Å². The summed E-state index contributed by atoms with van der Waals surface area (Å²) in [6, 6.07) is 0.0658. The Hall–Kier alpha value is -1.46. The second kappa shape index (κ2) is 14.0. The Morgan fingerprint density at radius 3 is 1.35 bits per heavy atom. The van der Waals surface area contributed by atoms with Crippen molar-refractivity contribution >= 4 is 0 Å². The maximum atomic E-state index is 8.51. The molecular formula is C12H26N8. The van der Waals surface area contributed by atoms with E-state index in [0.717, 1.165) is 51.4 Å². The van der Waals surface area contributed by atoms with Gasteiger partial charge in [-0.2, -0.15) is 0 Å². The van der Waals surface area contributed by atoms with Gasteiger partial charge in [-0.1, -0.05) is 23.1 Å². The standard InChI is InChI=1S/C12H26N8/c13-9-3-7-11(17-19-15)5-1-2-6-12(18-20-16)8-4-10-14/h11-12H,1-10,13-14H2. The zero-order valence-electron chi connectivity index (χ0n) is 12.1. The molecule has 20 heavy (non-hydrogen) atoms. The van der Waals surface area contributed by atoms with Gasteiger partial charge < -0.3 is 11.5 Å². The SMILES string of the molecule is [N-]=[N+]=NC(CCCN)CCCCC(CCCN)N=[N+]=[N-]. The van der Waals surface area contributed by atoms with Gasteiger partial charge in [0.25, 0.3) is 0 Å². The van der Waals surface area contributed by atoms with Crippen LogP contribution in [0.3, 0.4) is 0 Å². The molecule has 0 aliphatic carbocycles. The summed E-state index contributed by atoms with van der Waals surface area (Å²) in [5.41, 5.74) is 27.9. The van der Waals surface area contributed by atoms with E-state index < -0.39 is 0 Å². The summed E-state index contributed by atoms with van der Waals surface area (Å²) < 4.78 is 0. The van der Waals surface area contributed by atoms with E-state index in [4.69, 9.17) is 22.5 Å². The molecule has 0 aromatic heterocycles. The first kappa shape index (κ1) is 18.5. The first-order valence-electron chi connectivity index (χ1n) is 7.27. The third-order valence-electron chi connectivity index (χ3n) is 3.24. The van der Waals surface area contributed by atoms with E-state index in [2.05, 4.69) is 20.1 Å². The molecule has 0 aromatic carbocycles. The molecule has 114 valence electrons. The van der Waals surface area contributed by atoms with Crippen LogP contribution in [0.25, 0.3) is 20.9 Å². The van der Waals surface area contributed by atoms with Gasteiger partial charge in [0, 0.05) is 21.9 Å². The largest absolute Gasteiger partial charge is 0.330 e. The smallest absolute Gasteiger partial charge is 0.0374 e. The van der Waals surface area contributed by atoms with Gasteiger partial charge >= 0.3 is 0 Å². The van der Waals surface area contributed by atoms with Crippen LogP contribution >= 0.6 is 0 Å². The fourth-order valence-electron chi connectivity index (χ4n) is 2.13. The number of nitrogens with zero attached hydrogens (tertiary/aromatic N) is 6. The van der Waals surface area contributed by atoms with Crippen molar-refractivity contribution in [3.63, 3.8) is 0 Å². The summed E-state index contributed by atoms with van der Waals surface area (Å²) in [7, 11) is 0. The maximum Gasteiger partial charge on any atom is 0.0374 e. The van der Waals surface area contributed by atoms with Crippen molar-refractivity contribution in [2.24, 2.45) is 21.7 Å². The lowest BCUT2D eigenvalue weighted by molar-refractivity contribution is 0.475. The zero-order valence-corrected chi connectivity index (χ0v) is 12.1. The van der Waals surface area contributed by atoms with E-state index in [0.29, 0.717) is 13.1 Å². The van der Waals surface area contributed by atoms with Gasteiger partial charge in [0.15, 0.2) is 0 Å². The lowest BCUT2D eigenvalue weighted by atomic mass is 10.0. The van der Waals surface area contributed by atoms with E-state index in [-0.39, 0.29) is 12.1 Å². The monoisotopic (exact) mass is 282 g/mol. The predicted molar refractivity (Wildman–Crippen MR) is 80.9 cm³/mol. The van der Waals surface area contributed by atoms with Gasteiger partial charge in [-0.15, -0.1) is 0 Å². The lowest BCUT2D eigenvalue weighted by Gasteiger charge is -2.12. The minimum atomic E-state index is 0.0329. The molecule has 0 aliphatic heterocycles. The molecular weight excluding hydrogens is 256 g/mol. The maximum absolute atomic E-state index is 8.51. The first-order valence-corrected chi connectivity index (χ1v) is 7.27. The van der Waals surface area contributed by atoms with Crippen molar-refractivity contribution in [1.29, 1.82) is 0 Å². The third kappa shape index (κ3) is 10.5. The molecule has 4 N–H and O–H groups in total. The van der Waals surface area contributed by atoms with Crippen LogP contribution in [-0.4, -0.2) is 25.2 Å². The zero-order chi connectivity index (χ0) is 15.1. The molecule has 0 saturated heterocycles. The van der Waals surface area contributed by atoms with E-state index in [1.54, 1.807) is 0 Å². The summed E-state index contributed by atoms with van der Waals surface area (Å²) in [6.07, 6.45) is 7.10. The second-order valence-electron chi connectivity index (χ2n) is 4.86. The van der Waals surface area contributed by atoms with Gasteiger partial charge in [0.1, 0.15) is 0 Å². The van der Waals surface area contributed by atoms with Gasteiger partial charge in [-0.05, 0) is 62.7 Å². The van der Waals surface area contributed by atoms with Crippen LogP contribution in [0.4, 0.5) is 0 Å². The van der Waals surface area contributed by atoms with Crippen LogP contribution < -0.4 is 11.5 Å². The Bertz CT molecular complexity index is 287. The van der Waals surface area contributed by atoms with Crippen LogP contribution in [0.5, 0.6) is 0 Å². The molecule has 0 aromatic rings. The lowest BCUT2D eigenvalue weighted by Crippen LogP contribution is -2.10. The molecule has 0 spiro atoms. The Kier molecular flexibility index (Phi) is 12.9. The fraction of sp³-hybridized carbons (Fsp3) is 1.00. The minimum Gasteiger partial charge on any atom is -0.330 e. The Morgan fingerprint density at radius 1 is 0.700 bits per heavy atom. The van der Waals surface area contributed by atoms with E-state index in [9.17, 15) is 0 Å². The number of nitrogens with two attached hydrogens (primary N) is 2. The van der Waals surface area contributed by atoms with Gasteiger partial charge in [0.2, 0.25) is 0 Å². The highest BCUT2D eigenvalue weighted by molar-refractivity contribution is 4.71. The average molecular weight is 282 g/mol. The highest BCUT2D eigenvalue weighted by Crippen LogP contribution is 2.16. The molecule has 8 nitrogen and oxygen atoms in total. The van der Waals surface area contributed by atoms with Crippen LogP contribution in [0.1, 0.15) is 51.4 Å². The van der Waals surface area contributed by atoms with Crippen molar-refractivity contribution in [3.05, 3.63) is 20.9 Å². The summed E-state index contributed by atoms with van der Waals surface area (Å²) in [4.78, 5) is 5.75. The van der Waals surface area contributed by atoms with E-state index in [1.165, 1.54) is 0 Å². The highest BCUT2D eigenvalue weighted by atomic mass is 15.1. The minimum absolute atomic E-state index is 0.0329. The third-order valence-corrected chi connectivity index (χ3v) is 3.24.